The van der Waals surface area contributed by atoms with Crippen LogP contribution in [0.2, 0.25) is 23.7 Å². The SMILES string of the molecule is C[C@H]1[C@H]([Si](C)(C)O)[C@@H](CCn2cc(C(CO)c3ccccc3)nn2)O[C@]12C(=O)N(Cc1ccc(N3C(=O)c4cccc5cccc3c45)cc1)c1ccc(Cl)cc12. The molecule has 9 rings (SSSR count). The third-order valence-electron chi connectivity index (χ3n) is 12.0. The van der Waals surface area contributed by atoms with Crippen LogP contribution in [0.15, 0.2) is 115 Å². The molecule has 2 N–H and O–H groups in total. The average molecular weight is 784 g/mol. The summed E-state index contributed by atoms with van der Waals surface area (Å²) < 4.78 is 8.77. The van der Waals surface area contributed by atoms with Crippen LogP contribution in [-0.2, 0) is 28.2 Å². The van der Waals surface area contributed by atoms with Crippen LogP contribution in [-0.4, -0.2) is 57.7 Å². The van der Waals surface area contributed by atoms with Gasteiger partial charge in [-0.3, -0.25) is 19.2 Å². The quantitative estimate of drug-likeness (QED) is 0.135. The number of carbonyl (C=O) groups excluding carboxylic acids is 2. The number of aromatic nitrogens is 3. The lowest BCUT2D eigenvalue weighted by Crippen LogP contribution is -2.46. The molecule has 0 bridgehead atoms. The molecule has 0 saturated carbocycles. The fourth-order valence-corrected chi connectivity index (χ4v) is 12.3. The predicted molar refractivity (Wildman–Crippen MR) is 219 cm³/mol. The van der Waals surface area contributed by atoms with Gasteiger partial charge in [-0.15, -0.1) is 5.10 Å². The molecule has 2 amide bonds. The van der Waals surface area contributed by atoms with Crippen molar-refractivity contribution in [3.05, 3.63) is 148 Å². The molecule has 284 valence electrons. The molecule has 0 radical (unpaired) electrons. The van der Waals surface area contributed by atoms with E-state index in [-0.39, 0.29) is 42.3 Å². The van der Waals surface area contributed by atoms with Crippen molar-refractivity contribution in [2.24, 2.45) is 5.92 Å². The lowest BCUT2D eigenvalue weighted by Gasteiger charge is -2.32. The van der Waals surface area contributed by atoms with Gasteiger partial charge in [0, 0.05) is 45.9 Å². The maximum absolute atomic E-state index is 15.0. The lowest BCUT2D eigenvalue weighted by atomic mass is 9.82. The smallest absolute Gasteiger partial charge is 0.264 e. The highest BCUT2D eigenvalue weighted by atomic mass is 35.5. The Morgan fingerprint density at radius 1 is 0.929 bits per heavy atom. The summed E-state index contributed by atoms with van der Waals surface area (Å²) in [7, 11) is -2.91. The summed E-state index contributed by atoms with van der Waals surface area (Å²) in [5.41, 5.74) is 4.60. The number of hydrogen-bond donors (Lipinski definition) is 2. The number of carbonyl (C=O) groups is 2. The van der Waals surface area contributed by atoms with Gasteiger partial charge in [0.1, 0.15) is 0 Å². The molecule has 1 fully saturated rings. The standard InChI is InChI=1S/C44H42ClN5O5Si/c1-27-41(56(2,3)54)39(21-22-48-25-36(46-47-48)34(26-51)29-9-5-4-6-10-29)55-44(27)35-23-31(45)17-20-37(35)49(43(44)53)24-28-15-18-32(19-16-28)50-38-14-8-12-30-11-7-13-33(40(30)38)42(50)52/h4-20,23,25,27,34,39,41,51,54H,21-22,24,26H2,1-3H3/t27-,34?,39+,41-,44+/m0/s1. The van der Waals surface area contributed by atoms with Crippen LogP contribution in [0.3, 0.4) is 0 Å². The predicted octanol–water partition coefficient (Wildman–Crippen LogP) is 7.94. The molecule has 5 atom stereocenters. The largest absolute Gasteiger partial charge is 0.432 e. The Bertz CT molecular complexity index is 2480. The maximum Gasteiger partial charge on any atom is 0.264 e. The Hall–Kier alpha value is -5.17. The number of aryl methyl sites for hydroxylation is 1. The topological polar surface area (TPSA) is 121 Å². The van der Waals surface area contributed by atoms with Crippen LogP contribution in [0.5, 0.6) is 0 Å². The minimum absolute atomic E-state index is 0.0651. The number of nitrogens with zero attached hydrogens (tertiary/aromatic N) is 5. The molecule has 4 heterocycles. The van der Waals surface area contributed by atoms with Crippen molar-refractivity contribution < 1.29 is 24.2 Å². The Morgan fingerprint density at radius 3 is 2.41 bits per heavy atom. The van der Waals surface area contributed by atoms with E-state index in [0.717, 1.165) is 39.0 Å². The van der Waals surface area contributed by atoms with Gasteiger partial charge in [0.05, 0.1) is 47.8 Å². The van der Waals surface area contributed by atoms with Gasteiger partial charge in [0.15, 0.2) is 13.9 Å². The second-order valence-electron chi connectivity index (χ2n) is 15.7. The van der Waals surface area contributed by atoms with E-state index in [1.165, 1.54) is 0 Å². The number of amides is 2. The first-order valence-corrected chi connectivity index (χ1v) is 22.4. The summed E-state index contributed by atoms with van der Waals surface area (Å²) in [6.07, 6.45) is 1.89. The molecule has 3 aliphatic rings. The van der Waals surface area contributed by atoms with Crippen LogP contribution in [0.25, 0.3) is 10.8 Å². The fraction of sp³-hybridized carbons (Fsp3) is 0.273. The van der Waals surface area contributed by atoms with Crippen molar-refractivity contribution in [2.45, 2.75) is 62.7 Å². The van der Waals surface area contributed by atoms with E-state index < -0.39 is 20.0 Å². The highest BCUT2D eigenvalue weighted by Gasteiger charge is 2.66. The normalized spacial score (nSPS) is 22.1. The van der Waals surface area contributed by atoms with E-state index in [9.17, 15) is 19.5 Å². The molecular weight excluding hydrogens is 742 g/mol. The molecule has 1 aromatic heterocycles. The van der Waals surface area contributed by atoms with Crippen molar-refractivity contribution in [3.8, 4) is 0 Å². The third-order valence-corrected chi connectivity index (χ3v) is 14.7. The van der Waals surface area contributed by atoms with Crippen LogP contribution in [0.4, 0.5) is 17.1 Å². The Labute approximate surface area is 331 Å². The average Bonchev–Trinajstić information content (AvgIpc) is 3.92. The molecule has 10 nitrogen and oxygen atoms in total. The molecule has 1 saturated heterocycles. The first kappa shape index (κ1) is 36.5. The van der Waals surface area contributed by atoms with Crippen molar-refractivity contribution in [1.29, 1.82) is 0 Å². The van der Waals surface area contributed by atoms with Crippen LogP contribution < -0.4 is 9.80 Å². The number of rotatable bonds is 10. The van der Waals surface area contributed by atoms with Gasteiger partial charge in [0.25, 0.3) is 11.8 Å². The third kappa shape index (κ3) is 5.80. The minimum Gasteiger partial charge on any atom is -0.432 e. The summed E-state index contributed by atoms with van der Waals surface area (Å²) in [4.78, 5) is 43.9. The molecule has 1 unspecified atom stereocenters. The number of ether oxygens (including phenoxy) is 1. The summed E-state index contributed by atoms with van der Waals surface area (Å²) in [5, 5.41) is 21.4. The Morgan fingerprint density at radius 2 is 1.68 bits per heavy atom. The van der Waals surface area contributed by atoms with Gasteiger partial charge >= 0.3 is 0 Å². The first-order valence-electron chi connectivity index (χ1n) is 19.0. The van der Waals surface area contributed by atoms with Crippen molar-refractivity contribution in [2.75, 3.05) is 16.4 Å². The van der Waals surface area contributed by atoms with Gasteiger partial charge in [-0.1, -0.05) is 90.5 Å². The number of aliphatic hydroxyl groups is 1. The first-order chi connectivity index (χ1) is 27.0. The van der Waals surface area contributed by atoms with Gasteiger partial charge < -0.3 is 19.5 Å². The number of anilines is 3. The molecule has 0 aliphatic carbocycles. The summed E-state index contributed by atoms with van der Waals surface area (Å²) in [6.45, 7) is 6.45. The van der Waals surface area contributed by atoms with Crippen molar-refractivity contribution >= 4 is 59.6 Å². The van der Waals surface area contributed by atoms with Crippen molar-refractivity contribution in [1.82, 2.24) is 15.0 Å². The fourth-order valence-electron chi connectivity index (χ4n) is 9.48. The Kier molecular flexibility index (Phi) is 8.98. The Balaban J connectivity index is 0.985. The zero-order valence-electron chi connectivity index (χ0n) is 31.3. The van der Waals surface area contributed by atoms with E-state index in [0.29, 0.717) is 34.8 Å². The van der Waals surface area contributed by atoms with Gasteiger partial charge in [0.2, 0.25) is 0 Å². The summed E-state index contributed by atoms with van der Waals surface area (Å²) in [5.74, 6) is -0.915. The van der Waals surface area contributed by atoms with E-state index in [2.05, 4.69) is 10.3 Å². The zero-order chi connectivity index (χ0) is 38.9. The summed E-state index contributed by atoms with van der Waals surface area (Å²) >= 11 is 6.64. The van der Waals surface area contributed by atoms with E-state index >= 15 is 0 Å². The molecule has 6 aromatic rings. The van der Waals surface area contributed by atoms with Crippen LogP contribution in [0.1, 0.15) is 52.0 Å². The lowest BCUT2D eigenvalue weighted by molar-refractivity contribution is -0.146. The summed E-state index contributed by atoms with van der Waals surface area (Å²) in [6, 6.07) is 34.7. The number of benzene rings is 5. The van der Waals surface area contributed by atoms with Gasteiger partial charge in [-0.05, 0) is 78.5 Å². The second-order valence-corrected chi connectivity index (χ2v) is 20.2. The highest BCUT2D eigenvalue weighted by Crippen LogP contribution is 2.60. The number of halogens is 1. The maximum atomic E-state index is 15.0. The van der Waals surface area contributed by atoms with E-state index in [1.807, 2.05) is 129 Å². The van der Waals surface area contributed by atoms with E-state index in [4.69, 9.17) is 16.3 Å². The molecular formula is C44H42ClN5O5Si. The highest BCUT2D eigenvalue weighted by molar-refractivity contribution is 6.71. The van der Waals surface area contributed by atoms with Crippen molar-refractivity contribution in [3.63, 3.8) is 0 Å². The number of aliphatic hydroxyl groups excluding tert-OH is 1. The zero-order valence-corrected chi connectivity index (χ0v) is 33.1. The van der Waals surface area contributed by atoms with Gasteiger partial charge in [-0.2, -0.15) is 0 Å². The van der Waals surface area contributed by atoms with Crippen LogP contribution in [0, 0.1) is 5.92 Å². The number of hydrogen-bond acceptors (Lipinski definition) is 7. The minimum atomic E-state index is -2.91. The molecule has 12 heteroatoms. The van der Waals surface area contributed by atoms with Crippen LogP contribution >= 0.6 is 11.6 Å². The molecule has 1 spiro atoms. The molecule has 5 aromatic carbocycles. The number of fused-ring (bicyclic) bond motifs is 2. The van der Waals surface area contributed by atoms with E-state index in [1.54, 1.807) is 20.5 Å². The second kappa shape index (κ2) is 13.8. The molecule has 56 heavy (non-hydrogen) atoms. The van der Waals surface area contributed by atoms with Gasteiger partial charge in [-0.25, -0.2) is 0 Å². The monoisotopic (exact) mass is 783 g/mol. The molecule has 3 aliphatic heterocycles.